The molecule has 18 heavy (non-hydrogen) atoms. The molecule has 1 saturated carbocycles. The van der Waals surface area contributed by atoms with Crippen molar-refractivity contribution in [3.63, 3.8) is 0 Å². The first-order valence-corrected chi connectivity index (χ1v) is 7.54. The van der Waals surface area contributed by atoms with Gasteiger partial charge < -0.3 is 5.32 Å². The zero-order valence-corrected chi connectivity index (χ0v) is 12.3. The molecule has 1 N–H and O–H groups in total. The first kappa shape index (κ1) is 13.9. The Morgan fingerprint density at radius 3 is 2.67 bits per heavy atom. The summed E-state index contributed by atoms with van der Waals surface area (Å²) in [6.07, 6.45) is 5.12. The Balaban J connectivity index is 1.85. The van der Waals surface area contributed by atoms with Crippen LogP contribution in [0.1, 0.15) is 37.3 Å². The molecule has 1 fully saturated rings. The average molecular weight is 266 g/mol. The van der Waals surface area contributed by atoms with E-state index in [9.17, 15) is 0 Å². The van der Waals surface area contributed by atoms with Crippen LogP contribution in [0.25, 0.3) is 0 Å². The largest absolute Gasteiger partial charge is 0.316 e. The van der Waals surface area contributed by atoms with Crippen molar-refractivity contribution in [1.29, 1.82) is 0 Å². The summed E-state index contributed by atoms with van der Waals surface area (Å²) in [4.78, 5) is 0. The molecule has 0 spiro atoms. The van der Waals surface area contributed by atoms with Crippen molar-refractivity contribution in [2.75, 3.05) is 13.1 Å². The lowest BCUT2D eigenvalue weighted by Crippen LogP contribution is -2.36. The summed E-state index contributed by atoms with van der Waals surface area (Å²) in [6, 6.07) is 6.45. The quantitative estimate of drug-likeness (QED) is 0.760. The summed E-state index contributed by atoms with van der Waals surface area (Å²) in [5, 5.41) is 4.49. The number of halogens is 1. The molecule has 100 valence electrons. The highest BCUT2D eigenvalue weighted by atomic mass is 35.5. The van der Waals surface area contributed by atoms with Gasteiger partial charge in [0, 0.05) is 5.02 Å². The molecule has 1 aliphatic rings. The molecule has 1 nitrogen and oxygen atoms in total. The van der Waals surface area contributed by atoms with Crippen LogP contribution in [0.15, 0.2) is 18.2 Å². The van der Waals surface area contributed by atoms with Gasteiger partial charge in [-0.2, -0.15) is 0 Å². The molecule has 2 unspecified atom stereocenters. The van der Waals surface area contributed by atoms with Crippen molar-refractivity contribution in [2.45, 2.75) is 39.5 Å². The molecule has 2 rings (SSSR count). The van der Waals surface area contributed by atoms with Gasteiger partial charge in [0.1, 0.15) is 0 Å². The van der Waals surface area contributed by atoms with Crippen molar-refractivity contribution in [1.82, 2.24) is 5.32 Å². The first-order valence-electron chi connectivity index (χ1n) is 7.16. The highest BCUT2D eigenvalue weighted by Crippen LogP contribution is 2.37. The van der Waals surface area contributed by atoms with Crippen LogP contribution in [0, 0.1) is 18.8 Å². The van der Waals surface area contributed by atoms with E-state index in [1.54, 1.807) is 0 Å². The minimum atomic E-state index is 0.828. The molecule has 0 heterocycles. The summed E-state index contributed by atoms with van der Waals surface area (Å²) in [5.74, 6) is 1.68. The topological polar surface area (TPSA) is 12.0 Å². The molecular weight excluding hydrogens is 242 g/mol. The minimum Gasteiger partial charge on any atom is -0.316 e. The predicted molar refractivity (Wildman–Crippen MR) is 79.3 cm³/mol. The monoisotopic (exact) mass is 265 g/mol. The van der Waals surface area contributed by atoms with E-state index >= 15 is 0 Å². The molecule has 0 amide bonds. The number of aryl methyl sites for hydroxylation is 1. The Hall–Kier alpha value is -0.530. The zero-order chi connectivity index (χ0) is 13.0. The van der Waals surface area contributed by atoms with E-state index in [1.807, 2.05) is 0 Å². The highest BCUT2D eigenvalue weighted by Gasteiger charge is 2.30. The van der Waals surface area contributed by atoms with E-state index in [0.717, 1.165) is 29.8 Å². The van der Waals surface area contributed by atoms with Crippen LogP contribution in [-0.4, -0.2) is 13.1 Å². The fourth-order valence-electron chi connectivity index (χ4n) is 2.74. The van der Waals surface area contributed by atoms with E-state index in [-0.39, 0.29) is 0 Å². The standard InChI is InChI=1S/C16H24ClN/c1-3-8-18-11-15-7-6-13(15)10-14-5-4-12(2)9-16(14)17/h4-5,9,13,15,18H,3,6-8,10-11H2,1-2H3. The van der Waals surface area contributed by atoms with Crippen molar-refractivity contribution in [2.24, 2.45) is 11.8 Å². The molecule has 2 heteroatoms. The maximum Gasteiger partial charge on any atom is 0.0440 e. The number of rotatable bonds is 6. The number of benzene rings is 1. The van der Waals surface area contributed by atoms with Crippen molar-refractivity contribution in [3.05, 3.63) is 34.3 Å². The lowest BCUT2D eigenvalue weighted by Gasteiger charge is -2.37. The van der Waals surface area contributed by atoms with Gasteiger partial charge in [0.15, 0.2) is 0 Å². The highest BCUT2D eigenvalue weighted by molar-refractivity contribution is 6.31. The molecule has 0 bridgehead atoms. The van der Waals surface area contributed by atoms with E-state index in [1.165, 1.54) is 36.9 Å². The molecule has 0 radical (unpaired) electrons. The third-order valence-corrected chi connectivity index (χ3v) is 4.45. The van der Waals surface area contributed by atoms with Crippen molar-refractivity contribution < 1.29 is 0 Å². The number of hydrogen-bond acceptors (Lipinski definition) is 1. The second kappa shape index (κ2) is 6.58. The SMILES string of the molecule is CCCNCC1CCC1Cc1ccc(C)cc1Cl. The van der Waals surface area contributed by atoms with Gasteiger partial charge in [0.05, 0.1) is 0 Å². The predicted octanol–water partition coefficient (Wildman–Crippen LogP) is 4.22. The third kappa shape index (κ3) is 3.49. The lowest BCUT2D eigenvalue weighted by atomic mass is 9.70. The van der Waals surface area contributed by atoms with Gasteiger partial charge in [-0.1, -0.05) is 30.7 Å². The van der Waals surface area contributed by atoms with Crippen LogP contribution in [-0.2, 0) is 6.42 Å². The lowest BCUT2D eigenvalue weighted by molar-refractivity contribution is 0.171. The second-order valence-corrected chi connectivity index (χ2v) is 6.01. The van der Waals surface area contributed by atoms with Gasteiger partial charge in [0.2, 0.25) is 0 Å². The van der Waals surface area contributed by atoms with Crippen LogP contribution in [0.5, 0.6) is 0 Å². The summed E-state index contributed by atoms with van der Waals surface area (Å²) in [7, 11) is 0. The van der Waals surface area contributed by atoms with Crippen LogP contribution in [0.3, 0.4) is 0 Å². The smallest absolute Gasteiger partial charge is 0.0440 e. The molecule has 0 saturated heterocycles. The van der Waals surface area contributed by atoms with Gasteiger partial charge in [-0.05, 0) is 74.7 Å². The fourth-order valence-corrected chi connectivity index (χ4v) is 3.05. The van der Waals surface area contributed by atoms with E-state index in [0.29, 0.717) is 0 Å². The third-order valence-electron chi connectivity index (χ3n) is 4.10. The fraction of sp³-hybridized carbons (Fsp3) is 0.625. The number of nitrogens with one attached hydrogen (secondary N) is 1. The van der Waals surface area contributed by atoms with E-state index in [2.05, 4.69) is 37.4 Å². The summed E-state index contributed by atoms with van der Waals surface area (Å²) < 4.78 is 0. The van der Waals surface area contributed by atoms with Gasteiger partial charge in [-0.25, -0.2) is 0 Å². The van der Waals surface area contributed by atoms with Gasteiger partial charge in [-0.15, -0.1) is 0 Å². The molecular formula is C16H24ClN. The summed E-state index contributed by atoms with van der Waals surface area (Å²) >= 11 is 6.31. The first-order chi connectivity index (χ1) is 8.70. The van der Waals surface area contributed by atoms with Gasteiger partial charge >= 0.3 is 0 Å². The Morgan fingerprint density at radius 1 is 1.28 bits per heavy atom. The van der Waals surface area contributed by atoms with E-state index in [4.69, 9.17) is 11.6 Å². The average Bonchev–Trinajstić information content (AvgIpc) is 2.32. The normalized spacial score (nSPS) is 22.8. The molecule has 1 aliphatic carbocycles. The molecule has 1 aromatic rings. The van der Waals surface area contributed by atoms with Crippen LogP contribution in [0.4, 0.5) is 0 Å². The maximum absolute atomic E-state index is 6.31. The Kier molecular flexibility index (Phi) is 5.08. The molecule has 2 atom stereocenters. The Labute approximate surface area is 116 Å². The van der Waals surface area contributed by atoms with Crippen molar-refractivity contribution >= 4 is 11.6 Å². The summed E-state index contributed by atoms with van der Waals surface area (Å²) in [5.41, 5.74) is 2.57. The zero-order valence-electron chi connectivity index (χ0n) is 11.5. The maximum atomic E-state index is 6.31. The van der Waals surface area contributed by atoms with Crippen molar-refractivity contribution in [3.8, 4) is 0 Å². The van der Waals surface area contributed by atoms with Crippen LogP contribution >= 0.6 is 11.6 Å². The Morgan fingerprint density at radius 2 is 2.06 bits per heavy atom. The minimum absolute atomic E-state index is 0.828. The van der Waals surface area contributed by atoms with Crippen LogP contribution in [0.2, 0.25) is 5.02 Å². The van der Waals surface area contributed by atoms with Gasteiger partial charge in [-0.3, -0.25) is 0 Å². The van der Waals surface area contributed by atoms with Crippen LogP contribution < -0.4 is 5.32 Å². The molecule has 0 aliphatic heterocycles. The second-order valence-electron chi connectivity index (χ2n) is 5.60. The Bertz CT molecular complexity index is 389. The number of hydrogen-bond donors (Lipinski definition) is 1. The van der Waals surface area contributed by atoms with Gasteiger partial charge in [0.25, 0.3) is 0 Å². The molecule has 1 aromatic carbocycles. The molecule has 0 aromatic heterocycles. The summed E-state index contributed by atoms with van der Waals surface area (Å²) in [6.45, 7) is 6.64. The van der Waals surface area contributed by atoms with E-state index < -0.39 is 0 Å².